The predicted molar refractivity (Wildman–Crippen MR) is 131 cm³/mol. The molecule has 1 aliphatic rings. The third-order valence-electron chi connectivity index (χ3n) is 6.16. The molecule has 0 aromatic carbocycles. The first-order valence-corrected chi connectivity index (χ1v) is 10.9. The minimum Gasteiger partial charge on any atom is -0.317 e. The van der Waals surface area contributed by atoms with Crippen LogP contribution in [0.5, 0.6) is 0 Å². The molecule has 8 nitrogen and oxygen atoms in total. The summed E-state index contributed by atoms with van der Waals surface area (Å²) in [6.45, 7) is 6.48. The molecule has 172 valence electrons. The van der Waals surface area contributed by atoms with E-state index in [1.165, 1.54) is 0 Å². The Balaban J connectivity index is 0.00000144. The van der Waals surface area contributed by atoms with E-state index in [0.29, 0.717) is 12.1 Å². The number of hydrogen-bond donors (Lipinski definition) is 1. The topological polar surface area (TPSA) is 77.9 Å². The number of nitrogens with zero attached hydrogens (tertiary/aromatic N) is 7. The molecule has 1 fully saturated rings. The van der Waals surface area contributed by atoms with Crippen molar-refractivity contribution in [1.82, 2.24) is 39.5 Å². The zero-order valence-electron chi connectivity index (χ0n) is 18.4. The summed E-state index contributed by atoms with van der Waals surface area (Å²) in [7, 11) is 0. The van der Waals surface area contributed by atoms with Crippen LogP contribution >= 0.6 is 24.8 Å². The second-order valence-electron chi connectivity index (χ2n) is 8.01. The van der Waals surface area contributed by atoms with Gasteiger partial charge in [0.15, 0.2) is 0 Å². The summed E-state index contributed by atoms with van der Waals surface area (Å²) in [5, 5.41) is 17.1. The molecule has 0 atom stereocenters. The molecule has 0 saturated carbocycles. The molecule has 10 heteroatoms. The van der Waals surface area contributed by atoms with Gasteiger partial charge in [0.2, 0.25) is 0 Å². The van der Waals surface area contributed by atoms with Gasteiger partial charge in [0.05, 0.1) is 53.8 Å². The molecule has 0 amide bonds. The van der Waals surface area contributed by atoms with Crippen LogP contribution in [0.2, 0.25) is 0 Å². The molecule has 0 bridgehead atoms. The molecule has 4 aromatic rings. The van der Waals surface area contributed by atoms with Crippen molar-refractivity contribution in [3.8, 4) is 22.5 Å². The van der Waals surface area contributed by atoms with Gasteiger partial charge in [-0.1, -0.05) is 13.8 Å². The van der Waals surface area contributed by atoms with Crippen molar-refractivity contribution in [1.29, 1.82) is 0 Å². The SMILES string of the molecule is CCC(CC)n1cc(-c2nc(-c3cnn(C4CCNCC4)c3)cn3nccc23)cn1.Cl.Cl. The second-order valence-corrected chi connectivity index (χ2v) is 8.01. The fourth-order valence-electron chi connectivity index (χ4n) is 4.34. The van der Waals surface area contributed by atoms with Gasteiger partial charge in [0.25, 0.3) is 0 Å². The molecule has 0 aliphatic carbocycles. The van der Waals surface area contributed by atoms with Gasteiger partial charge in [-0.3, -0.25) is 9.36 Å². The molecule has 0 unspecified atom stereocenters. The van der Waals surface area contributed by atoms with Crippen LogP contribution in [-0.4, -0.2) is 47.2 Å². The first-order chi connectivity index (χ1) is 14.8. The van der Waals surface area contributed by atoms with E-state index in [4.69, 9.17) is 4.98 Å². The van der Waals surface area contributed by atoms with E-state index in [-0.39, 0.29) is 24.8 Å². The highest BCUT2D eigenvalue weighted by Crippen LogP contribution is 2.28. The standard InChI is InChI=1S/C22H28N8.2ClH/c1-3-18(4-2)28-14-17(12-26-28)22-21-7-10-24-30(21)15-20(27-22)16-11-25-29(13-16)19-5-8-23-9-6-19;;/h7,10-15,18-19,23H,3-6,8-9H2,1-2H3;2*1H. The Morgan fingerprint density at radius 2 is 1.72 bits per heavy atom. The molecular formula is C22H30Cl2N8. The van der Waals surface area contributed by atoms with Gasteiger partial charge in [-0.2, -0.15) is 15.3 Å². The van der Waals surface area contributed by atoms with E-state index in [2.05, 4.69) is 56.2 Å². The highest BCUT2D eigenvalue weighted by atomic mass is 35.5. The monoisotopic (exact) mass is 476 g/mol. The molecule has 5 rings (SSSR count). The molecule has 0 radical (unpaired) electrons. The summed E-state index contributed by atoms with van der Waals surface area (Å²) in [5.41, 5.74) is 4.78. The number of hydrogen-bond acceptors (Lipinski definition) is 5. The maximum Gasteiger partial charge on any atom is 0.0999 e. The third-order valence-corrected chi connectivity index (χ3v) is 6.16. The zero-order valence-corrected chi connectivity index (χ0v) is 20.0. The number of halogens is 2. The van der Waals surface area contributed by atoms with Crippen LogP contribution in [0.3, 0.4) is 0 Å². The lowest BCUT2D eigenvalue weighted by molar-refractivity contribution is 0.343. The van der Waals surface area contributed by atoms with E-state index >= 15 is 0 Å². The molecule has 1 saturated heterocycles. The maximum absolute atomic E-state index is 5.02. The van der Waals surface area contributed by atoms with Gasteiger partial charge in [0, 0.05) is 23.5 Å². The van der Waals surface area contributed by atoms with Crippen LogP contribution < -0.4 is 5.32 Å². The van der Waals surface area contributed by atoms with Crippen molar-refractivity contribution >= 4 is 30.3 Å². The summed E-state index contributed by atoms with van der Waals surface area (Å²) in [6.07, 6.45) is 16.2. The Labute approximate surface area is 200 Å². The van der Waals surface area contributed by atoms with E-state index in [1.807, 2.05) is 35.4 Å². The zero-order chi connectivity index (χ0) is 20.5. The average Bonchev–Trinajstić information content (AvgIpc) is 3.54. The number of nitrogens with one attached hydrogen (secondary N) is 1. The van der Waals surface area contributed by atoms with Gasteiger partial charge >= 0.3 is 0 Å². The number of rotatable bonds is 6. The summed E-state index contributed by atoms with van der Waals surface area (Å²) >= 11 is 0. The quantitative estimate of drug-likeness (QED) is 0.440. The van der Waals surface area contributed by atoms with Crippen molar-refractivity contribution in [2.75, 3.05) is 13.1 Å². The van der Waals surface area contributed by atoms with Crippen LogP contribution in [0.15, 0.2) is 43.2 Å². The molecular weight excluding hydrogens is 447 g/mol. The minimum atomic E-state index is 0. The largest absolute Gasteiger partial charge is 0.317 e. The van der Waals surface area contributed by atoms with E-state index in [0.717, 1.165) is 66.8 Å². The fraction of sp³-hybridized carbons (Fsp3) is 0.455. The van der Waals surface area contributed by atoms with Crippen LogP contribution in [0.1, 0.15) is 51.6 Å². The summed E-state index contributed by atoms with van der Waals surface area (Å²) in [6, 6.07) is 2.86. The van der Waals surface area contributed by atoms with Gasteiger partial charge in [0.1, 0.15) is 0 Å². The van der Waals surface area contributed by atoms with Gasteiger partial charge in [-0.05, 0) is 44.8 Å². The van der Waals surface area contributed by atoms with E-state index < -0.39 is 0 Å². The van der Waals surface area contributed by atoms with Gasteiger partial charge in [-0.25, -0.2) is 9.50 Å². The van der Waals surface area contributed by atoms with Crippen molar-refractivity contribution in [2.45, 2.75) is 51.6 Å². The van der Waals surface area contributed by atoms with Crippen molar-refractivity contribution in [3.63, 3.8) is 0 Å². The minimum absolute atomic E-state index is 0. The molecule has 0 spiro atoms. The highest BCUT2D eigenvalue weighted by molar-refractivity contribution is 5.85. The van der Waals surface area contributed by atoms with Crippen LogP contribution in [0.4, 0.5) is 0 Å². The summed E-state index contributed by atoms with van der Waals surface area (Å²) < 4.78 is 6.05. The molecule has 5 heterocycles. The normalized spacial score (nSPS) is 14.5. The van der Waals surface area contributed by atoms with Gasteiger partial charge in [-0.15, -0.1) is 24.8 Å². The predicted octanol–water partition coefficient (Wildman–Crippen LogP) is 4.59. The fourth-order valence-corrected chi connectivity index (χ4v) is 4.34. The Morgan fingerprint density at radius 3 is 2.47 bits per heavy atom. The van der Waals surface area contributed by atoms with E-state index in [9.17, 15) is 0 Å². The molecule has 4 aromatic heterocycles. The van der Waals surface area contributed by atoms with Crippen LogP contribution in [0.25, 0.3) is 28.0 Å². The lowest BCUT2D eigenvalue weighted by Gasteiger charge is -2.22. The highest BCUT2D eigenvalue weighted by Gasteiger charge is 2.18. The maximum atomic E-state index is 5.02. The Hall–Kier alpha value is -2.42. The number of aromatic nitrogens is 7. The van der Waals surface area contributed by atoms with E-state index in [1.54, 1.807) is 0 Å². The van der Waals surface area contributed by atoms with Crippen molar-refractivity contribution in [3.05, 3.63) is 43.2 Å². The number of piperidine rings is 1. The van der Waals surface area contributed by atoms with Crippen molar-refractivity contribution < 1.29 is 0 Å². The number of fused-ring (bicyclic) bond motifs is 1. The molecule has 32 heavy (non-hydrogen) atoms. The molecule has 1 aliphatic heterocycles. The Kier molecular flexibility index (Phi) is 7.92. The summed E-state index contributed by atoms with van der Waals surface area (Å²) in [5.74, 6) is 0. The lowest BCUT2D eigenvalue weighted by Crippen LogP contribution is -2.29. The second kappa shape index (κ2) is 10.5. The average molecular weight is 477 g/mol. The smallest absolute Gasteiger partial charge is 0.0999 e. The Bertz CT molecular complexity index is 1140. The van der Waals surface area contributed by atoms with Gasteiger partial charge < -0.3 is 5.32 Å². The Morgan fingerprint density at radius 1 is 0.969 bits per heavy atom. The van der Waals surface area contributed by atoms with Crippen LogP contribution in [-0.2, 0) is 0 Å². The summed E-state index contributed by atoms with van der Waals surface area (Å²) in [4.78, 5) is 5.02. The first-order valence-electron chi connectivity index (χ1n) is 10.9. The first kappa shape index (κ1) is 24.2. The third kappa shape index (κ3) is 4.53. The van der Waals surface area contributed by atoms with Crippen molar-refractivity contribution in [2.24, 2.45) is 0 Å². The van der Waals surface area contributed by atoms with Crippen LogP contribution in [0, 0.1) is 0 Å². The lowest BCUT2D eigenvalue weighted by atomic mass is 10.1. The molecule has 1 N–H and O–H groups in total.